The van der Waals surface area contributed by atoms with Crippen LogP contribution in [-0.2, 0) is 16.0 Å². The van der Waals surface area contributed by atoms with Crippen molar-refractivity contribution in [3.05, 3.63) is 36.0 Å². The van der Waals surface area contributed by atoms with Crippen molar-refractivity contribution in [1.29, 1.82) is 0 Å². The summed E-state index contributed by atoms with van der Waals surface area (Å²) in [6.07, 6.45) is 2.59. The molecule has 1 aromatic carbocycles. The Labute approximate surface area is 154 Å². The van der Waals surface area contributed by atoms with E-state index in [-0.39, 0.29) is 23.4 Å². The molecule has 0 radical (unpaired) electrons. The lowest BCUT2D eigenvalue weighted by atomic mass is 9.89. The van der Waals surface area contributed by atoms with Gasteiger partial charge in [-0.2, -0.15) is 0 Å². The van der Waals surface area contributed by atoms with Crippen molar-refractivity contribution in [3.8, 4) is 0 Å². The largest absolute Gasteiger partial charge is 0.361 e. The van der Waals surface area contributed by atoms with Crippen LogP contribution < -0.4 is 16.4 Å². The van der Waals surface area contributed by atoms with Crippen molar-refractivity contribution in [2.24, 2.45) is 11.1 Å². The molecule has 5 N–H and O–H groups in total. The zero-order valence-electron chi connectivity index (χ0n) is 16.3. The molecule has 26 heavy (non-hydrogen) atoms. The molecule has 1 aromatic heterocycles. The molecular weight excluding hydrogens is 328 g/mol. The summed E-state index contributed by atoms with van der Waals surface area (Å²) in [5, 5.41) is 6.80. The normalized spacial score (nSPS) is 13.5. The Kier molecular flexibility index (Phi) is 5.76. The van der Waals surface area contributed by atoms with Gasteiger partial charge in [0.1, 0.15) is 5.41 Å². The van der Waals surface area contributed by atoms with Crippen molar-refractivity contribution >= 4 is 22.7 Å². The molecule has 0 saturated carbocycles. The second-order valence-electron chi connectivity index (χ2n) is 8.36. The monoisotopic (exact) mass is 358 g/mol. The minimum atomic E-state index is -1.16. The fraction of sp³-hybridized carbons (Fsp3) is 0.500. The molecule has 0 bridgehead atoms. The molecule has 0 aliphatic heterocycles. The summed E-state index contributed by atoms with van der Waals surface area (Å²) >= 11 is 0. The van der Waals surface area contributed by atoms with Gasteiger partial charge in [-0.25, -0.2) is 0 Å². The van der Waals surface area contributed by atoms with Gasteiger partial charge in [0.05, 0.1) is 0 Å². The molecule has 2 aromatic rings. The number of hydrogen-bond acceptors (Lipinski definition) is 3. The number of benzene rings is 1. The second kappa shape index (κ2) is 7.50. The van der Waals surface area contributed by atoms with E-state index in [2.05, 4.69) is 15.6 Å². The third-order valence-electron chi connectivity index (χ3n) is 4.31. The van der Waals surface area contributed by atoms with Crippen LogP contribution in [0.25, 0.3) is 10.9 Å². The SMILES string of the molecule is CC(C)(C)NC(=O)C(C)(C)C(=O)NCC(N)Cc1c[nH]c2ccccc12. The van der Waals surface area contributed by atoms with Crippen molar-refractivity contribution in [1.82, 2.24) is 15.6 Å². The van der Waals surface area contributed by atoms with Crippen LogP contribution in [0.3, 0.4) is 0 Å². The van der Waals surface area contributed by atoms with Gasteiger partial charge in [-0.05, 0) is 52.7 Å². The zero-order valence-corrected chi connectivity index (χ0v) is 16.3. The van der Waals surface area contributed by atoms with Gasteiger partial charge in [-0.1, -0.05) is 18.2 Å². The van der Waals surface area contributed by atoms with E-state index in [0.29, 0.717) is 13.0 Å². The molecule has 0 spiro atoms. The van der Waals surface area contributed by atoms with Gasteiger partial charge in [-0.15, -0.1) is 0 Å². The maximum absolute atomic E-state index is 12.5. The maximum atomic E-state index is 12.5. The number of amides is 2. The number of hydrogen-bond donors (Lipinski definition) is 4. The Bertz CT molecular complexity index is 786. The zero-order chi connectivity index (χ0) is 19.5. The first kappa shape index (κ1) is 20.0. The average Bonchev–Trinajstić information content (AvgIpc) is 2.94. The molecule has 0 aliphatic rings. The van der Waals surface area contributed by atoms with E-state index in [1.165, 1.54) is 0 Å². The summed E-state index contributed by atoms with van der Waals surface area (Å²) in [6.45, 7) is 9.20. The van der Waals surface area contributed by atoms with Crippen LogP contribution in [0, 0.1) is 5.41 Å². The van der Waals surface area contributed by atoms with Gasteiger partial charge >= 0.3 is 0 Å². The number of fused-ring (bicyclic) bond motifs is 1. The quantitative estimate of drug-likeness (QED) is 0.595. The molecule has 2 amide bonds. The lowest BCUT2D eigenvalue weighted by molar-refractivity contribution is -0.142. The highest BCUT2D eigenvalue weighted by molar-refractivity contribution is 6.04. The highest BCUT2D eigenvalue weighted by Crippen LogP contribution is 2.19. The van der Waals surface area contributed by atoms with Gasteiger partial charge in [0.25, 0.3) is 0 Å². The van der Waals surface area contributed by atoms with Crippen LogP contribution in [-0.4, -0.2) is 34.9 Å². The van der Waals surface area contributed by atoms with Crippen LogP contribution in [0.1, 0.15) is 40.2 Å². The Morgan fingerprint density at radius 1 is 1.12 bits per heavy atom. The number of carbonyl (C=O) groups excluding carboxylic acids is 2. The summed E-state index contributed by atoms with van der Waals surface area (Å²) in [5.41, 5.74) is 6.83. The second-order valence-corrected chi connectivity index (χ2v) is 8.36. The van der Waals surface area contributed by atoms with Crippen LogP contribution >= 0.6 is 0 Å². The maximum Gasteiger partial charge on any atom is 0.235 e. The van der Waals surface area contributed by atoms with E-state index in [1.54, 1.807) is 13.8 Å². The number of para-hydroxylation sites is 1. The van der Waals surface area contributed by atoms with Gasteiger partial charge in [0, 0.05) is 35.2 Å². The van der Waals surface area contributed by atoms with E-state index in [9.17, 15) is 9.59 Å². The lowest BCUT2D eigenvalue weighted by Gasteiger charge is -2.29. The molecule has 1 atom stereocenters. The van der Waals surface area contributed by atoms with Crippen molar-refractivity contribution < 1.29 is 9.59 Å². The number of carbonyl (C=O) groups is 2. The third-order valence-corrected chi connectivity index (χ3v) is 4.31. The fourth-order valence-corrected chi connectivity index (χ4v) is 2.70. The van der Waals surface area contributed by atoms with Crippen LogP contribution in [0.4, 0.5) is 0 Å². The number of aromatic nitrogens is 1. The standard InChI is InChI=1S/C20H30N4O2/c1-19(2,3)24-18(26)20(4,5)17(25)23-12-14(21)10-13-11-22-16-9-7-6-8-15(13)16/h6-9,11,14,22H,10,12,21H2,1-5H3,(H,23,25)(H,24,26). The third kappa shape index (κ3) is 4.85. The Hall–Kier alpha value is -2.34. The number of rotatable bonds is 6. The molecule has 1 heterocycles. The number of nitrogens with two attached hydrogens (primary N) is 1. The summed E-state index contributed by atoms with van der Waals surface area (Å²) in [6, 6.07) is 7.80. The van der Waals surface area contributed by atoms with E-state index in [4.69, 9.17) is 5.73 Å². The molecule has 0 fully saturated rings. The fourth-order valence-electron chi connectivity index (χ4n) is 2.70. The lowest BCUT2D eigenvalue weighted by Crippen LogP contribution is -2.54. The predicted octanol–water partition coefficient (Wildman–Crippen LogP) is 2.09. The molecule has 2 rings (SSSR count). The summed E-state index contributed by atoms with van der Waals surface area (Å²) in [7, 11) is 0. The highest BCUT2D eigenvalue weighted by Gasteiger charge is 2.37. The van der Waals surface area contributed by atoms with Gasteiger partial charge in [0.2, 0.25) is 11.8 Å². The van der Waals surface area contributed by atoms with Gasteiger partial charge in [0.15, 0.2) is 0 Å². The van der Waals surface area contributed by atoms with Gasteiger partial charge < -0.3 is 21.4 Å². The summed E-state index contributed by atoms with van der Waals surface area (Å²) in [4.78, 5) is 28.1. The Morgan fingerprint density at radius 3 is 2.42 bits per heavy atom. The topological polar surface area (TPSA) is 100 Å². The average molecular weight is 358 g/mol. The molecule has 0 saturated heterocycles. The molecule has 1 unspecified atom stereocenters. The van der Waals surface area contributed by atoms with E-state index >= 15 is 0 Å². The Morgan fingerprint density at radius 2 is 1.77 bits per heavy atom. The smallest absolute Gasteiger partial charge is 0.235 e. The summed E-state index contributed by atoms with van der Waals surface area (Å²) in [5.74, 6) is -0.624. The minimum absolute atomic E-state index is 0.236. The van der Waals surface area contributed by atoms with Crippen LogP contribution in [0.2, 0.25) is 0 Å². The first-order valence-electron chi connectivity index (χ1n) is 8.92. The van der Waals surface area contributed by atoms with Gasteiger partial charge in [-0.3, -0.25) is 9.59 Å². The van der Waals surface area contributed by atoms with Crippen molar-refractivity contribution in [2.75, 3.05) is 6.54 Å². The highest BCUT2D eigenvalue weighted by atomic mass is 16.2. The van der Waals surface area contributed by atoms with Crippen molar-refractivity contribution in [3.63, 3.8) is 0 Å². The predicted molar refractivity (Wildman–Crippen MR) is 105 cm³/mol. The molecular formula is C20H30N4O2. The number of nitrogens with one attached hydrogen (secondary N) is 3. The minimum Gasteiger partial charge on any atom is -0.361 e. The molecule has 6 nitrogen and oxygen atoms in total. The first-order valence-corrected chi connectivity index (χ1v) is 8.92. The first-order chi connectivity index (χ1) is 12.0. The summed E-state index contributed by atoms with van der Waals surface area (Å²) < 4.78 is 0. The van der Waals surface area contributed by atoms with E-state index in [0.717, 1.165) is 16.5 Å². The van der Waals surface area contributed by atoms with E-state index < -0.39 is 5.41 Å². The van der Waals surface area contributed by atoms with Crippen molar-refractivity contribution in [2.45, 2.75) is 52.6 Å². The molecule has 6 heteroatoms. The molecule has 142 valence electrons. The van der Waals surface area contributed by atoms with E-state index in [1.807, 2.05) is 51.2 Å². The Balaban J connectivity index is 1.92. The number of aromatic amines is 1. The number of H-pyrrole nitrogens is 1. The van der Waals surface area contributed by atoms with Crippen LogP contribution in [0.15, 0.2) is 30.5 Å². The van der Waals surface area contributed by atoms with Crippen LogP contribution in [0.5, 0.6) is 0 Å². The molecule has 0 aliphatic carbocycles.